The van der Waals surface area contributed by atoms with Crippen molar-refractivity contribution in [2.24, 2.45) is 0 Å². The van der Waals surface area contributed by atoms with Crippen LogP contribution in [0.5, 0.6) is 0 Å². The maximum atomic E-state index is 12.5. The fraction of sp³-hybridized carbons (Fsp3) is 0.429. The minimum absolute atomic E-state index is 0.265. The number of carbonyl (C=O) groups is 2. The van der Waals surface area contributed by atoms with Crippen molar-refractivity contribution in [1.29, 1.82) is 0 Å². The molecule has 0 radical (unpaired) electrons. The van der Waals surface area contributed by atoms with Crippen LogP contribution in [-0.4, -0.2) is 35.0 Å². The number of ether oxygens (including phenoxy) is 1. The summed E-state index contributed by atoms with van der Waals surface area (Å²) in [7, 11) is 0. The number of fused-ring (bicyclic) bond motifs is 1. The van der Waals surface area contributed by atoms with Crippen molar-refractivity contribution >= 4 is 11.6 Å². The average molecular weight is 248 g/mol. The number of hydrogen-bond donors (Lipinski definition) is 1. The van der Waals surface area contributed by atoms with E-state index in [9.17, 15) is 14.7 Å². The molecule has 1 aliphatic carbocycles. The van der Waals surface area contributed by atoms with Crippen LogP contribution in [0.2, 0.25) is 0 Å². The normalized spacial score (nSPS) is 27.2. The predicted molar refractivity (Wildman–Crippen MR) is 65.8 cm³/mol. The quantitative estimate of drug-likeness (QED) is 0.882. The van der Waals surface area contributed by atoms with Crippen molar-refractivity contribution in [2.45, 2.75) is 32.0 Å². The first-order valence-electron chi connectivity index (χ1n) is 6.08. The molecule has 2 atom stereocenters. The molecule has 18 heavy (non-hydrogen) atoms. The maximum absolute atomic E-state index is 12.5. The molecule has 0 aromatic heterocycles. The Morgan fingerprint density at radius 3 is 2.39 bits per heavy atom. The highest BCUT2D eigenvalue weighted by Gasteiger charge is 2.52. The van der Waals surface area contributed by atoms with Crippen LogP contribution >= 0.6 is 0 Å². The topological polar surface area (TPSA) is 63.6 Å². The van der Waals surface area contributed by atoms with Crippen molar-refractivity contribution in [3.05, 3.63) is 35.4 Å². The first-order valence-corrected chi connectivity index (χ1v) is 6.08. The Morgan fingerprint density at radius 1 is 1.22 bits per heavy atom. The first-order chi connectivity index (χ1) is 8.58. The van der Waals surface area contributed by atoms with Crippen LogP contribution in [0.15, 0.2) is 24.3 Å². The van der Waals surface area contributed by atoms with Gasteiger partial charge in [-0.1, -0.05) is 31.2 Å². The molecule has 2 unspecified atom stereocenters. The number of aliphatic hydroxyl groups is 1. The van der Waals surface area contributed by atoms with Crippen molar-refractivity contribution in [3.63, 3.8) is 0 Å². The lowest BCUT2D eigenvalue weighted by molar-refractivity contribution is -0.0833. The average Bonchev–Trinajstić information content (AvgIpc) is 2.41. The van der Waals surface area contributed by atoms with E-state index in [2.05, 4.69) is 0 Å². The lowest BCUT2D eigenvalue weighted by Crippen LogP contribution is -2.58. The van der Waals surface area contributed by atoms with Gasteiger partial charge >= 0.3 is 0 Å². The van der Waals surface area contributed by atoms with Crippen LogP contribution in [0.1, 0.15) is 41.0 Å². The summed E-state index contributed by atoms with van der Waals surface area (Å²) in [5.41, 5.74) is -0.818. The number of ketones is 2. The smallest absolute Gasteiger partial charge is 0.198 e. The van der Waals surface area contributed by atoms with Gasteiger partial charge in [0, 0.05) is 17.7 Å². The Morgan fingerprint density at radius 2 is 1.83 bits per heavy atom. The Bertz CT molecular complexity index is 494. The number of benzene rings is 1. The SMILES string of the molecule is CCOC1(CC)C(=O)c2ccccc2C(=O)C1O. The monoisotopic (exact) mass is 248 g/mol. The number of carbonyl (C=O) groups excluding carboxylic acids is 2. The molecule has 4 heteroatoms. The van der Waals surface area contributed by atoms with Gasteiger partial charge < -0.3 is 9.84 Å². The lowest BCUT2D eigenvalue weighted by Gasteiger charge is -2.38. The fourth-order valence-electron chi connectivity index (χ4n) is 2.47. The van der Waals surface area contributed by atoms with Gasteiger partial charge in [-0.3, -0.25) is 9.59 Å². The molecule has 0 fully saturated rings. The Hall–Kier alpha value is -1.52. The van der Waals surface area contributed by atoms with Crippen LogP contribution in [-0.2, 0) is 4.74 Å². The summed E-state index contributed by atoms with van der Waals surface area (Å²) in [6, 6.07) is 6.54. The number of aliphatic hydroxyl groups excluding tert-OH is 1. The number of rotatable bonds is 3. The van der Waals surface area contributed by atoms with Crippen molar-refractivity contribution in [2.75, 3.05) is 6.61 Å². The zero-order chi connectivity index (χ0) is 13.3. The standard InChI is InChI=1S/C14H16O4/c1-3-14(18-4-2)12(16)10-8-6-5-7-9(10)11(15)13(14)17/h5-8,13,17H,3-4H2,1-2H3. The van der Waals surface area contributed by atoms with Gasteiger partial charge in [-0.15, -0.1) is 0 Å². The van der Waals surface area contributed by atoms with E-state index in [4.69, 9.17) is 4.74 Å². The summed E-state index contributed by atoms with van der Waals surface area (Å²) in [5.74, 6) is -0.755. The minimum Gasteiger partial charge on any atom is -0.381 e. The predicted octanol–water partition coefficient (Wildman–Crippen LogP) is 1.61. The van der Waals surface area contributed by atoms with Gasteiger partial charge in [0.05, 0.1) is 0 Å². The van der Waals surface area contributed by atoms with E-state index in [0.29, 0.717) is 5.56 Å². The third-order valence-electron chi connectivity index (χ3n) is 3.44. The van der Waals surface area contributed by atoms with E-state index in [-0.39, 0.29) is 24.4 Å². The molecule has 0 saturated carbocycles. The molecule has 0 bridgehead atoms. The second-order valence-electron chi connectivity index (χ2n) is 4.32. The molecule has 1 aliphatic rings. The summed E-state index contributed by atoms with van der Waals surface area (Å²) in [6.45, 7) is 3.74. The van der Waals surface area contributed by atoms with Gasteiger partial charge in [-0.25, -0.2) is 0 Å². The molecule has 1 N–H and O–H groups in total. The van der Waals surface area contributed by atoms with Crippen LogP contribution in [0, 0.1) is 0 Å². The Labute approximate surface area is 106 Å². The van der Waals surface area contributed by atoms with Crippen LogP contribution in [0.3, 0.4) is 0 Å². The molecule has 0 heterocycles. The summed E-state index contributed by atoms with van der Waals surface area (Å²) in [4.78, 5) is 24.6. The first kappa shape index (κ1) is 12.9. The molecule has 1 aromatic rings. The number of Topliss-reactive ketones (excluding diaryl/α,β-unsaturated/α-hetero) is 2. The van der Waals surface area contributed by atoms with Crippen molar-refractivity contribution in [3.8, 4) is 0 Å². The Kier molecular flexibility index (Phi) is 3.32. The summed E-state index contributed by atoms with van der Waals surface area (Å²) >= 11 is 0. The molecule has 96 valence electrons. The van der Waals surface area contributed by atoms with E-state index in [1.54, 1.807) is 38.1 Å². The van der Waals surface area contributed by atoms with Gasteiger partial charge in [0.25, 0.3) is 0 Å². The highest BCUT2D eigenvalue weighted by atomic mass is 16.5. The third kappa shape index (κ3) is 1.61. The maximum Gasteiger partial charge on any atom is 0.198 e. The molecular formula is C14H16O4. The van der Waals surface area contributed by atoms with E-state index < -0.39 is 17.5 Å². The zero-order valence-electron chi connectivity index (χ0n) is 10.5. The molecular weight excluding hydrogens is 232 g/mol. The van der Waals surface area contributed by atoms with Crippen LogP contribution in [0.25, 0.3) is 0 Å². The van der Waals surface area contributed by atoms with E-state index in [1.807, 2.05) is 0 Å². The van der Waals surface area contributed by atoms with Gasteiger partial charge in [-0.05, 0) is 13.3 Å². The summed E-state index contributed by atoms with van der Waals surface area (Å²) in [5, 5.41) is 10.1. The largest absolute Gasteiger partial charge is 0.381 e. The Balaban J connectivity index is 2.61. The highest BCUT2D eigenvalue weighted by Crippen LogP contribution is 2.34. The second-order valence-corrected chi connectivity index (χ2v) is 4.32. The zero-order valence-corrected chi connectivity index (χ0v) is 10.5. The minimum atomic E-state index is -1.43. The van der Waals surface area contributed by atoms with Crippen LogP contribution < -0.4 is 0 Å². The van der Waals surface area contributed by atoms with Gasteiger partial charge in [0.2, 0.25) is 0 Å². The van der Waals surface area contributed by atoms with Gasteiger partial charge in [-0.2, -0.15) is 0 Å². The highest BCUT2D eigenvalue weighted by molar-refractivity contribution is 6.20. The van der Waals surface area contributed by atoms with Crippen molar-refractivity contribution < 1.29 is 19.4 Å². The molecule has 0 amide bonds. The van der Waals surface area contributed by atoms with Gasteiger partial charge in [0.15, 0.2) is 23.3 Å². The molecule has 1 aromatic carbocycles. The molecule has 0 saturated heterocycles. The van der Waals surface area contributed by atoms with Crippen LogP contribution in [0.4, 0.5) is 0 Å². The molecule has 2 rings (SSSR count). The molecule has 4 nitrogen and oxygen atoms in total. The summed E-state index contributed by atoms with van der Waals surface area (Å²) in [6.07, 6.45) is -1.16. The summed E-state index contributed by atoms with van der Waals surface area (Å²) < 4.78 is 5.45. The fourth-order valence-corrected chi connectivity index (χ4v) is 2.47. The van der Waals surface area contributed by atoms with E-state index in [0.717, 1.165) is 0 Å². The third-order valence-corrected chi connectivity index (χ3v) is 3.44. The molecule has 0 aliphatic heterocycles. The van der Waals surface area contributed by atoms with Crippen molar-refractivity contribution in [1.82, 2.24) is 0 Å². The van der Waals surface area contributed by atoms with E-state index in [1.165, 1.54) is 0 Å². The second kappa shape index (κ2) is 4.63. The number of hydrogen-bond acceptors (Lipinski definition) is 4. The molecule has 0 spiro atoms. The van der Waals surface area contributed by atoms with E-state index >= 15 is 0 Å². The van der Waals surface area contributed by atoms with Gasteiger partial charge in [0.1, 0.15) is 0 Å². The lowest BCUT2D eigenvalue weighted by atomic mass is 9.74.